The van der Waals surface area contributed by atoms with Crippen LogP contribution in [-0.2, 0) is 71.5 Å². The minimum Gasteiger partial charge on any atom is -0.394 e. The number of hydrogen-bond acceptors (Lipinski definition) is 24. The molecule has 0 aromatic carbocycles. The summed E-state index contributed by atoms with van der Waals surface area (Å²) in [7, 11) is 1.65. The van der Waals surface area contributed by atoms with E-state index in [1.807, 2.05) is 0 Å². The van der Waals surface area contributed by atoms with Gasteiger partial charge in [0.25, 0.3) is 0 Å². The molecule has 3 rings (SSSR count). The number of Topliss-reactive ketones (excluding diaryl/α,β-unsaturated/α-hetero) is 1. The summed E-state index contributed by atoms with van der Waals surface area (Å²) < 4.78 is 39.2. The van der Waals surface area contributed by atoms with Crippen LogP contribution in [0.4, 0.5) is 0 Å². The Kier molecular flexibility index (Phi) is 48.4. The van der Waals surface area contributed by atoms with Crippen molar-refractivity contribution in [2.45, 2.75) is 293 Å². The van der Waals surface area contributed by atoms with Crippen LogP contribution in [0.3, 0.4) is 0 Å². The van der Waals surface area contributed by atoms with E-state index in [0.717, 1.165) is 25.7 Å². The molecule has 3 heterocycles. The van der Waals surface area contributed by atoms with Crippen LogP contribution in [-0.4, -0.2) is 265 Å². The summed E-state index contributed by atoms with van der Waals surface area (Å²) in [5, 5.41) is 110. The third-order valence-electron chi connectivity index (χ3n) is 19.1. The Labute approximate surface area is 602 Å². The molecule has 3 aliphatic rings. The minimum atomic E-state index is -1.22. The maximum atomic E-state index is 14.0. The molecule has 0 aliphatic carbocycles. The van der Waals surface area contributed by atoms with E-state index in [-0.39, 0.29) is 151 Å². The van der Waals surface area contributed by atoms with Crippen LogP contribution in [0.1, 0.15) is 213 Å². The van der Waals surface area contributed by atoms with Gasteiger partial charge in [-0.25, -0.2) is 0 Å². The van der Waals surface area contributed by atoms with Gasteiger partial charge in [0.15, 0.2) is 18.9 Å². The van der Waals surface area contributed by atoms with Crippen molar-refractivity contribution in [3.63, 3.8) is 0 Å². The standard InChI is InChI=1S/C71H129N7O24/c1-48-62(90)65(93)52(45-79)100-68(48)97-42-17-7-10-24-55(83)73-36-15-13-23-51(82)29-32-71(78-61(89)28-20-27-58(86)72-35-14-5-6-16-41-96-4,33-30-59(87)76-39-21-37-74-56(84)25-11-8-18-43-98-69-49(2)63(91)66(94)53(46-80)101-69)34-31-60(88)77-40-22-38-75-57(85)26-12-9-19-44-99-70-50(3)64(92)67(95)54(47-81)102-70/h48-50,52-54,62-70,79-81,90-95H,5-47H2,1-4H3,(H,72,86)(H,73,83)(H,74,84)(H,75,85)(H,76,87)(H,77,88)(H,78,89)/t48?,49?,50?,52?,53?,54?,62-,63-,64-,65+,66+,67+,68-,69-,70-,71?/m1/s1. The van der Waals surface area contributed by atoms with Gasteiger partial charge in [-0.05, 0) is 103 Å². The summed E-state index contributed by atoms with van der Waals surface area (Å²) in [6.07, 6.45) is 0.0546. The lowest BCUT2D eigenvalue weighted by atomic mass is 9.82. The normalized spacial score (nSPS) is 25.6. The second kappa shape index (κ2) is 54.0. The first kappa shape index (κ1) is 91.5. The highest BCUT2D eigenvalue weighted by Crippen LogP contribution is 2.31. The van der Waals surface area contributed by atoms with Crippen molar-refractivity contribution in [3.8, 4) is 0 Å². The van der Waals surface area contributed by atoms with E-state index in [1.54, 1.807) is 27.9 Å². The molecule has 0 radical (unpaired) electrons. The molecular weight excluding hydrogens is 1330 g/mol. The molecule has 0 spiro atoms. The largest absolute Gasteiger partial charge is 0.394 e. The summed E-state index contributed by atoms with van der Waals surface area (Å²) in [6.45, 7) is 7.07. The van der Waals surface area contributed by atoms with E-state index in [2.05, 4.69) is 37.2 Å². The van der Waals surface area contributed by atoms with E-state index in [0.29, 0.717) is 123 Å². The zero-order valence-electron chi connectivity index (χ0n) is 61.2. The number of ketones is 1. The van der Waals surface area contributed by atoms with Crippen LogP contribution in [0.25, 0.3) is 0 Å². The number of unbranched alkanes of at least 4 members (excludes halogenated alkanes) is 10. The van der Waals surface area contributed by atoms with Gasteiger partial charge < -0.3 is 116 Å². The topological polar surface area (TPSA) is 467 Å². The van der Waals surface area contributed by atoms with Gasteiger partial charge in [0.2, 0.25) is 41.4 Å². The highest BCUT2D eigenvalue weighted by atomic mass is 16.7. The molecule has 0 aromatic heterocycles. The second-order valence-corrected chi connectivity index (χ2v) is 27.6. The Balaban J connectivity index is 1.56. The lowest BCUT2D eigenvalue weighted by Crippen LogP contribution is -2.55. The lowest BCUT2D eigenvalue weighted by molar-refractivity contribution is -0.282. The first-order chi connectivity index (χ1) is 49.0. The molecule has 31 heteroatoms. The third-order valence-corrected chi connectivity index (χ3v) is 19.1. The molecule has 3 aliphatic heterocycles. The molecule has 0 bridgehead atoms. The fourth-order valence-electron chi connectivity index (χ4n) is 12.3. The molecule has 592 valence electrons. The summed E-state index contributed by atoms with van der Waals surface area (Å²) in [6, 6.07) is 0. The zero-order chi connectivity index (χ0) is 75.1. The van der Waals surface area contributed by atoms with Crippen LogP contribution >= 0.6 is 0 Å². The fraction of sp³-hybridized carbons (Fsp3) is 0.887. The van der Waals surface area contributed by atoms with Crippen molar-refractivity contribution in [1.29, 1.82) is 0 Å². The summed E-state index contributed by atoms with van der Waals surface area (Å²) in [5.74, 6) is -3.44. The van der Waals surface area contributed by atoms with Gasteiger partial charge in [0.1, 0.15) is 42.4 Å². The Hall–Kier alpha value is -4.68. The van der Waals surface area contributed by atoms with Crippen LogP contribution in [0, 0.1) is 17.8 Å². The number of aliphatic hydroxyl groups is 9. The molecule has 31 nitrogen and oxygen atoms in total. The molecule has 0 aromatic rings. The molecular formula is C71H129N7O24. The van der Waals surface area contributed by atoms with Crippen molar-refractivity contribution >= 4 is 47.1 Å². The SMILES string of the molecule is COCCCCCCNC(=O)CCCC(=O)NC(CCC(=O)CCCCNC(=O)CCCCCO[C@@H]1OC(CO)[C@H](O)[C@H](O)C1C)(CCC(=O)NCCCNC(=O)CCCCCO[C@@H]1OC(CO)[C@H](O)[C@H](O)C1C)CCC(=O)NCCCNC(=O)CCCCCO[C@@H]1OC(CO)[C@H](O)[C@H](O)C1C. The first-order valence-electron chi connectivity index (χ1n) is 37.6. The van der Waals surface area contributed by atoms with Gasteiger partial charge in [-0.15, -0.1) is 0 Å². The first-order valence-corrected chi connectivity index (χ1v) is 37.6. The van der Waals surface area contributed by atoms with Gasteiger partial charge in [-0.1, -0.05) is 52.9 Å². The van der Waals surface area contributed by atoms with E-state index in [4.69, 9.17) is 33.2 Å². The van der Waals surface area contributed by atoms with Crippen molar-refractivity contribution < 1.29 is 117 Å². The van der Waals surface area contributed by atoms with Crippen molar-refractivity contribution in [1.82, 2.24) is 37.2 Å². The smallest absolute Gasteiger partial charge is 0.220 e. The van der Waals surface area contributed by atoms with E-state index >= 15 is 0 Å². The fourth-order valence-corrected chi connectivity index (χ4v) is 12.3. The average molecular weight is 1460 g/mol. The van der Waals surface area contributed by atoms with Crippen LogP contribution in [0.2, 0.25) is 0 Å². The van der Waals surface area contributed by atoms with Crippen molar-refractivity contribution in [2.24, 2.45) is 17.8 Å². The predicted octanol–water partition coefficient (Wildman–Crippen LogP) is 0.732. The number of ether oxygens (including phenoxy) is 7. The molecule has 6 unspecified atom stereocenters. The molecule has 15 atom stereocenters. The molecule has 102 heavy (non-hydrogen) atoms. The van der Waals surface area contributed by atoms with Crippen molar-refractivity contribution in [3.05, 3.63) is 0 Å². The quantitative estimate of drug-likeness (QED) is 0.0373. The Morgan fingerprint density at radius 1 is 0.324 bits per heavy atom. The molecule has 3 fully saturated rings. The third kappa shape index (κ3) is 37.5. The Bertz CT molecular complexity index is 2140. The number of rotatable bonds is 58. The van der Waals surface area contributed by atoms with Gasteiger partial charge >= 0.3 is 0 Å². The summed E-state index contributed by atoms with van der Waals surface area (Å²) in [5.41, 5.74) is -1.22. The van der Waals surface area contributed by atoms with Gasteiger partial charge in [0, 0.05) is 154 Å². The lowest BCUT2D eigenvalue weighted by Gasteiger charge is -2.40. The van der Waals surface area contributed by atoms with E-state index in [9.17, 15) is 84.3 Å². The van der Waals surface area contributed by atoms with Crippen molar-refractivity contribution in [2.75, 3.05) is 92.6 Å². The summed E-state index contributed by atoms with van der Waals surface area (Å²) >= 11 is 0. The number of nitrogens with one attached hydrogen (secondary N) is 7. The van der Waals surface area contributed by atoms with Gasteiger partial charge in [0.05, 0.1) is 38.1 Å². The number of hydrogen-bond donors (Lipinski definition) is 16. The minimum absolute atomic E-state index is 0.000662. The molecule has 7 amide bonds. The maximum absolute atomic E-state index is 14.0. The zero-order valence-corrected chi connectivity index (χ0v) is 61.2. The Morgan fingerprint density at radius 2 is 0.608 bits per heavy atom. The predicted molar refractivity (Wildman–Crippen MR) is 373 cm³/mol. The molecule has 3 saturated heterocycles. The highest BCUT2D eigenvalue weighted by Gasteiger charge is 2.45. The number of amides is 7. The average Bonchev–Trinajstić information content (AvgIpc) is 0.843. The van der Waals surface area contributed by atoms with Gasteiger partial charge in [-0.2, -0.15) is 0 Å². The van der Waals surface area contributed by atoms with Crippen LogP contribution < -0.4 is 37.2 Å². The van der Waals surface area contributed by atoms with E-state index < -0.39 is 123 Å². The summed E-state index contributed by atoms with van der Waals surface area (Å²) in [4.78, 5) is 106. The number of carbonyl (C=O) groups is 8. The number of methoxy groups -OCH3 is 1. The molecule has 16 N–H and O–H groups in total. The Morgan fingerprint density at radius 3 is 0.971 bits per heavy atom. The monoisotopic (exact) mass is 1460 g/mol. The number of carbonyl (C=O) groups excluding carboxylic acids is 8. The number of aliphatic hydroxyl groups excluding tert-OH is 9. The maximum Gasteiger partial charge on any atom is 0.220 e. The second-order valence-electron chi connectivity index (χ2n) is 27.6. The van der Waals surface area contributed by atoms with E-state index in [1.165, 1.54) is 0 Å². The van der Waals surface area contributed by atoms with Crippen LogP contribution in [0.15, 0.2) is 0 Å². The van der Waals surface area contributed by atoms with Crippen LogP contribution in [0.5, 0.6) is 0 Å². The van der Waals surface area contributed by atoms with Gasteiger partial charge in [-0.3, -0.25) is 38.4 Å². The highest BCUT2D eigenvalue weighted by molar-refractivity contribution is 5.82. The molecule has 0 saturated carbocycles.